The van der Waals surface area contributed by atoms with Crippen LogP contribution in [0.5, 0.6) is 0 Å². The predicted octanol–water partition coefficient (Wildman–Crippen LogP) is 1.11. The van der Waals surface area contributed by atoms with Crippen LogP contribution in [0, 0.1) is 0 Å². The van der Waals surface area contributed by atoms with E-state index in [2.05, 4.69) is 17.1 Å². The van der Waals surface area contributed by atoms with Gasteiger partial charge in [0.2, 0.25) is 0 Å². The van der Waals surface area contributed by atoms with Crippen LogP contribution in [0.4, 0.5) is 0 Å². The Hall–Kier alpha value is -0.200. The first kappa shape index (κ1) is 19.8. The molecule has 0 spiro atoms. The highest BCUT2D eigenvalue weighted by atomic mass is 16.5. The number of likely N-dealkylation sites (N-methyl/N-ethyl adjacent to an activating group) is 1. The Morgan fingerprint density at radius 2 is 1.65 bits per heavy atom. The Kier molecular flexibility index (Phi) is 11.3. The molecule has 0 saturated carbocycles. The predicted molar refractivity (Wildman–Crippen MR) is 83.2 cm³/mol. The number of nitrogens with zero attached hydrogens (tertiary/aromatic N) is 1. The van der Waals surface area contributed by atoms with E-state index in [-0.39, 0.29) is 12.1 Å². The molecule has 0 rings (SSSR count). The minimum absolute atomic E-state index is 0.137. The maximum Gasteiger partial charge on any atom is 0.0611 e. The minimum Gasteiger partial charge on any atom is -0.394 e. The quantitative estimate of drug-likeness (QED) is 0.498. The van der Waals surface area contributed by atoms with E-state index < -0.39 is 0 Å². The molecule has 122 valence electrons. The number of rotatable bonds is 13. The molecule has 0 heterocycles. The van der Waals surface area contributed by atoms with Gasteiger partial charge in [-0.1, -0.05) is 0 Å². The van der Waals surface area contributed by atoms with E-state index >= 15 is 0 Å². The molecule has 0 radical (unpaired) electrons. The van der Waals surface area contributed by atoms with E-state index in [0.29, 0.717) is 6.04 Å². The lowest BCUT2D eigenvalue weighted by Crippen LogP contribution is -2.50. The molecule has 2 atom stereocenters. The zero-order chi connectivity index (χ0) is 15.4. The van der Waals surface area contributed by atoms with Gasteiger partial charge in [-0.2, -0.15) is 0 Å². The second kappa shape index (κ2) is 11.5. The lowest BCUT2D eigenvalue weighted by molar-refractivity contribution is 0.0519. The van der Waals surface area contributed by atoms with Crippen molar-refractivity contribution in [1.82, 2.24) is 10.2 Å². The van der Waals surface area contributed by atoms with Gasteiger partial charge < -0.3 is 19.9 Å². The SMILES string of the molecule is CCOCCN(CCOCC)C(C)CC(C)(CO)NC. The molecule has 2 unspecified atom stereocenters. The van der Waals surface area contributed by atoms with Crippen LogP contribution in [0.1, 0.15) is 34.1 Å². The minimum atomic E-state index is -0.241. The van der Waals surface area contributed by atoms with Crippen LogP contribution in [-0.4, -0.2) is 74.8 Å². The van der Waals surface area contributed by atoms with E-state index in [4.69, 9.17) is 9.47 Å². The Morgan fingerprint density at radius 3 is 2.00 bits per heavy atom. The normalized spacial score (nSPS) is 16.4. The number of ether oxygens (including phenoxy) is 2. The van der Waals surface area contributed by atoms with Crippen LogP contribution in [-0.2, 0) is 9.47 Å². The van der Waals surface area contributed by atoms with Crippen LogP contribution in [0.2, 0.25) is 0 Å². The standard InChI is InChI=1S/C15H34N2O3/c1-6-19-10-8-17(9-11-20-7-2)14(3)12-15(4,13-18)16-5/h14,16,18H,6-13H2,1-5H3. The summed E-state index contributed by atoms with van der Waals surface area (Å²) in [5.74, 6) is 0. The molecule has 0 bridgehead atoms. The summed E-state index contributed by atoms with van der Waals surface area (Å²) < 4.78 is 10.9. The Balaban J connectivity index is 4.39. The molecule has 0 fully saturated rings. The average molecular weight is 290 g/mol. The second-order valence-corrected chi connectivity index (χ2v) is 5.45. The molecule has 0 saturated heterocycles. The lowest BCUT2D eigenvalue weighted by Gasteiger charge is -2.36. The average Bonchev–Trinajstić information content (AvgIpc) is 2.45. The zero-order valence-corrected chi connectivity index (χ0v) is 13.9. The van der Waals surface area contributed by atoms with Crippen LogP contribution >= 0.6 is 0 Å². The third kappa shape index (κ3) is 8.17. The van der Waals surface area contributed by atoms with Crippen molar-refractivity contribution in [3.63, 3.8) is 0 Å². The summed E-state index contributed by atoms with van der Waals surface area (Å²) >= 11 is 0. The summed E-state index contributed by atoms with van der Waals surface area (Å²) in [5.41, 5.74) is -0.241. The summed E-state index contributed by atoms with van der Waals surface area (Å²) in [5, 5.41) is 12.7. The van der Waals surface area contributed by atoms with Gasteiger partial charge in [0.15, 0.2) is 0 Å². The molecule has 0 aromatic rings. The first-order valence-electron chi connectivity index (χ1n) is 7.72. The van der Waals surface area contributed by atoms with Crippen molar-refractivity contribution >= 4 is 0 Å². The van der Waals surface area contributed by atoms with Crippen molar-refractivity contribution in [3.8, 4) is 0 Å². The lowest BCUT2D eigenvalue weighted by atomic mass is 9.94. The maximum absolute atomic E-state index is 9.51. The first-order chi connectivity index (χ1) is 9.52. The van der Waals surface area contributed by atoms with Gasteiger partial charge >= 0.3 is 0 Å². The van der Waals surface area contributed by atoms with Gasteiger partial charge in [0.1, 0.15) is 0 Å². The van der Waals surface area contributed by atoms with Crippen LogP contribution in [0.15, 0.2) is 0 Å². The number of aliphatic hydroxyl groups is 1. The van der Waals surface area contributed by atoms with Gasteiger partial charge in [-0.15, -0.1) is 0 Å². The van der Waals surface area contributed by atoms with E-state index in [9.17, 15) is 5.11 Å². The Labute approximate surface area is 124 Å². The molecular weight excluding hydrogens is 256 g/mol. The maximum atomic E-state index is 9.51. The van der Waals surface area contributed by atoms with Crippen molar-refractivity contribution in [2.24, 2.45) is 0 Å². The Bertz CT molecular complexity index is 213. The summed E-state index contributed by atoms with van der Waals surface area (Å²) in [6.07, 6.45) is 0.887. The van der Waals surface area contributed by atoms with Gasteiger partial charge in [-0.25, -0.2) is 0 Å². The van der Waals surface area contributed by atoms with E-state index in [1.54, 1.807) is 0 Å². The molecule has 5 nitrogen and oxygen atoms in total. The fraction of sp³-hybridized carbons (Fsp3) is 1.00. The topological polar surface area (TPSA) is 54.0 Å². The number of nitrogens with one attached hydrogen (secondary N) is 1. The highest BCUT2D eigenvalue weighted by molar-refractivity contribution is 4.86. The molecule has 20 heavy (non-hydrogen) atoms. The van der Waals surface area contributed by atoms with Gasteiger partial charge in [0.05, 0.1) is 19.8 Å². The second-order valence-electron chi connectivity index (χ2n) is 5.45. The third-order valence-corrected chi connectivity index (χ3v) is 3.78. The highest BCUT2D eigenvalue weighted by Gasteiger charge is 2.26. The highest BCUT2D eigenvalue weighted by Crippen LogP contribution is 2.15. The summed E-state index contributed by atoms with van der Waals surface area (Å²) in [6, 6.07) is 0.362. The first-order valence-corrected chi connectivity index (χ1v) is 7.72. The molecule has 0 aromatic heterocycles. The third-order valence-electron chi connectivity index (χ3n) is 3.78. The fourth-order valence-electron chi connectivity index (χ4n) is 2.23. The van der Waals surface area contributed by atoms with Gasteiger partial charge in [0.25, 0.3) is 0 Å². The van der Waals surface area contributed by atoms with Crippen molar-refractivity contribution in [2.45, 2.75) is 45.7 Å². The van der Waals surface area contributed by atoms with E-state index in [1.807, 2.05) is 27.8 Å². The summed E-state index contributed by atoms with van der Waals surface area (Å²) in [4.78, 5) is 2.37. The largest absolute Gasteiger partial charge is 0.394 e. The summed E-state index contributed by atoms with van der Waals surface area (Å²) in [6.45, 7) is 13.2. The Morgan fingerprint density at radius 1 is 1.15 bits per heavy atom. The zero-order valence-electron chi connectivity index (χ0n) is 13.9. The van der Waals surface area contributed by atoms with Crippen molar-refractivity contribution in [1.29, 1.82) is 0 Å². The molecule has 0 aliphatic heterocycles. The van der Waals surface area contributed by atoms with E-state index in [1.165, 1.54) is 0 Å². The van der Waals surface area contributed by atoms with Crippen LogP contribution in [0.25, 0.3) is 0 Å². The van der Waals surface area contributed by atoms with Crippen molar-refractivity contribution in [3.05, 3.63) is 0 Å². The molecule has 0 aromatic carbocycles. The molecule has 0 amide bonds. The molecule has 0 aliphatic carbocycles. The molecular formula is C15H34N2O3. The molecule has 5 heteroatoms. The summed E-state index contributed by atoms with van der Waals surface area (Å²) in [7, 11) is 1.90. The molecule has 0 aliphatic rings. The van der Waals surface area contributed by atoms with Gasteiger partial charge in [-0.05, 0) is 41.2 Å². The monoisotopic (exact) mass is 290 g/mol. The smallest absolute Gasteiger partial charge is 0.0611 e. The van der Waals surface area contributed by atoms with Gasteiger partial charge in [-0.3, -0.25) is 4.90 Å². The van der Waals surface area contributed by atoms with Crippen LogP contribution < -0.4 is 5.32 Å². The molecule has 2 N–H and O–H groups in total. The number of hydrogen-bond acceptors (Lipinski definition) is 5. The number of hydrogen-bond donors (Lipinski definition) is 2. The van der Waals surface area contributed by atoms with Gasteiger partial charge in [0, 0.05) is 37.9 Å². The fourth-order valence-corrected chi connectivity index (χ4v) is 2.23. The van der Waals surface area contributed by atoms with Crippen molar-refractivity contribution < 1.29 is 14.6 Å². The number of aliphatic hydroxyl groups excluding tert-OH is 1. The van der Waals surface area contributed by atoms with Crippen molar-refractivity contribution in [2.75, 3.05) is 53.2 Å². The van der Waals surface area contributed by atoms with Crippen LogP contribution in [0.3, 0.4) is 0 Å². The van der Waals surface area contributed by atoms with E-state index in [0.717, 1.165) is 45.9 Å².